The van der Waals surface area contributed by atoms with Gasteiger partial charge < -0.3 is 24.7 Å². The van der Waals surface area contributed by atoms with Gasteiger partial charge in [-0.15, -0.1) is 0 Å². The molecule has 37 heavy (non-hydrogen) atoms. The van der Waals surface area contributed by atoms with Crippen molar-refractivity contribution in [3.63, 3.8) is 0 Å². The number of rotatable bonds is 9. The van der Waals surface area contributed by atoms with Gasteiger partial charge >= 0.3 is 5.97 Å². The predicted octanol–water partition coefficient (Wildman–Crippen LogP) is 5.68. The Hall–Kier alpha value is -4.44. The number of allylic oxidation sites excluding steroid dienone is 1. The van der Waals surface area contributed by atoms with Gasteiger partial charge in [-0.25, -0.2) is 4.79 Å². The van der Waals surface area contributed by atoms with Crippen LogP contribution in [0.1, 0.15) is 47.9 Å². The Bertz CT molecular complexity index is 1350. The lowest BCUT2D eigenvalue weighted by Crippen LogP contribution is -2.21. The number of carbonyl (C=O) groups is 1. The Balaban J connectivity index is 1.53. The first-order valence-electron chi connectivity index (χ1n) is 12.2. The number of hydrogen-bond donors (Lipinski definition) is 1. The summed E-state index contributed by atoms with van der Waals surface area (Å²) in [4.78, 5) is 12.4. The third kappa shape index (κ3) is 6.22. The Morgan fingerprint density at radius 3 is 2.51 bits per heavy atom. The normalized spacial score (nSPS) is 14.3. The highest BCUT2D eigenvalue weighted by Crippen LogP contribution is 2.44. The molecule has 1 aliphatic rings. The van der Waals surface area contributed by atoms with Crippen LogP contribution >= 0.6 is 0 Å². The summed E-state index contributed by atoms with van der Waals surface area (Å²) in [6.07, 6.45) is 1.99. The number of aryl methyl sites for hydroxylation is 2. The number of nitrogens with two attached hydrogens (primary N) is 1. The van der Waals surface area contributed by atoms with Crippen LogP contribution in [-0.4, -0.2) is 19.2 Å². The summed E-state index contributed by atoms with van der Waals surface area (Å²) < 4.78 is 22.7. The molecule has 0 saturated carbocycles. The number of benzene rings is 3. The molecule has 190 valence electrons. The van der Waals surface area contributed by atoms with Crippen molar-refractivity contribution in [1.29, 1.82) is 5.26 Å². The molecule has 3 aromatic carbocycles. The molecule has 4 rings (SSSR count). The molecule has 3 aromatic rings. The van der Waals surface area contributed by atoms with E-state index in [4.69, 9.17) is 24.7 Å². The summed E-state index contributed by atoms with van der Waals surface area (Å²) >= 11 is 0. The van der Waals surface area contributed by atoms with Gasteiger partial charge in [-0.2, -0.15) is 5.26 Å². The molecule has 2 N–H and O–H groups in total. The first-order valence-corrected chi connectivity index (χ1v) is 12.2. The van der Waals surface area contributed by atoms with Crippen LogP contribution in [0.5, 0.6) is 23.0 Å². The van der Waals surface area contributed by atoms with Gasteiger partial charge in [-0.05, 0) is 67.3 Å². The van der Waals surface area contributed by atoms with E-state index in [1.807, 2.05) is 56.3 Å². The average Bonchev–Trinajstić information content (AvgIpc) is 2.86. The Kier molecular flexibility index (Phi) is 7.99. The number of hydrogen-bond acceptors (Lipinski definition) is 7. The number of fused-ring (bicyclic) bond motifs is 1. The van der Waals surface area contributed by atoms with Crippen molar-refractivity contribution in [3.8, 4) is 29.1 Å². The second-order valence-electron chi connectivity index (χ2n) is 8.99. The van der Waals surface area contributed by atoms with E-state index in [2.05, 4.69) is 13.0 Å². The summed E-state index contributed by atoms with van der Waals surface area (Å²) in [5.74, 6) is 1.05. The maximum absolute atomic E-state index is 12.4. The third-order valence-electron chi connectivity index (χ3n) is 5.93. The van der Waals surface area contributed by atoms with Crippen LogP contribution in [0.15, 0.2) is 72.1 Å². The highest BCUT2D eigenvalue weighted by molar-refractivity contribution is 5.74. The monoisotopic (exact) mass is 498 g/mol. The highest BCUT2D eigenvalue weighted by Gasteiger charge is 2.31. The first-order chi connectivity index (χ1) is 17.9. The van der Waals surface area contributed by atoms with Gasteiger partial charge in [0.1, 0.15) is 34.6 Å². The fourth-order valence-corrected chi connectivity index (χ4v) is 4.28. The van der Waals surface area contributed by atoms with E-state index in [1.54, 1.807) is 18.2 Å². The molecule has 0 saturated heterocycles. The zero-order chi connectivity index (χ0) is 26.4. The van der Waals surface area contributed by atoms with E-state index in [0.29, 0.717) is 23.7 Å². The average molecular weight is 499 g/mol. The fourth-order valence-electron chi connectivity index (χ4n) is 4.28. The fraction of sp³-hybridized carbons (Fsp3) is 0.267. The molecule has 7 heteroatoms. The van der Waals surface area contributed by atoms with Crippen molar-refractivity contribution in [2.24, 2.45) is 5.73 Å². The van der Waals surface area contributed by atoms with Crippen molar-refractivity contribution < 1.29 is 23.7 Å². The Morgan fingerprint density at radius 1 is 1.00 bits per heavy atom. The van der Waals surface area contributed by atoms with Crippen molar-refractivity contribution >= 4 is 5.97 Å². The predicted molar refractivity (Wildman–Crippen MR) is 140 cm³/mol. The van der Waals surface area contributed by atoms with E-state index in [9.17, 15) is 10.1 Å². The van der Waals surface area contributed by atoms with Gasteiger partial charge in [0.05, 0.1) is 12.5 Å². The van der Waals surface area contributed by atoms with E-state index in [1.165, 1.54) is 0 Å². The molecule has 1 atom stereocenters. The zero-order valence-corrected chi connectivity index (χ0v) is 21.2. The molecule has 0 fully saturated rings. The summed E-state index contributed by atoms with van der Waals surface area (Å²) in [7, 11) is 0. The number of ether oxygens (including phenoxy) is 4. The quantitative estimate of drug-likeness (QED) is 0.230. The van der Waals surface area contributed by atoms with E-state index in [-0.39, 0.29) is 18.2 Å². The molecule has 1 unspecified atom stereocenters. The zero-order valence-electron chi connectivity index (χ0n) is 21.2. The van der Waals surface area contributed by atoms with Gasteiger partial charge in [-0.1, -0.05) is 37.6 Å². The van der Waals surface area contributed by atoms with Gasteiger partial charge in [0.2, 0.25) is 5.88 Å². The first kappa shape index (κ1) is 25.6. The van der Waals surface area contributed by atoms with E-state index < -0.39 is 11.9 Å². The number of nitriles is 1. The van der Waals surface area contributed by atoms with Crippen LogP contribution in [0.4, 0.5) is 0 Å². The largest absolute Gasteiger partial charge is 0.494 e. The molecular formula is C30H30N2O5. The molecule has 0 amide bonds. The number of unbranched alkanes of at least 4 members (excludes halogenated alkanes) is 1. The summed E-state index contributed by atoms with van der Waals surface area (Å²) in [6, 6.07) is 20.6. The molecular weight excluding hydrogens is 468 g/mol. The van der Waals surface area contributed by atoms with E-state index in [0.717, 1.165) is 40.8 Å². The number of carbonyl (C=O) groups excluding carboxylic acids is 1. The van der Waals surface area contributed by atoms with Gasteiger partial charge in [-0.3, -0.25) is 0 Å². The van der Waals surface area contributed by atoms with Crippen LogP contribution < -0.4 is 24.7 Å². The molecule has 1 aliphatic heterocycles. The second kappa shape index (κ2) is 11.5. The van der Waals surface area contributed by atoms with E-state index >= 15 is 0 Å². The minimum absolute atomic E-state index is 0.0129. The second-order valence-corrected chi connectivity index (χ2v) is 8.99. The smallest absolute Gasteiger partial charge is 0.349 e. The van der Waals surface area contributed by atoms with Crippen molar-refractivity contribution in [3.05, 3.63) is 94.4 Å². The van der Waals surface area contributed by atoms with Crippen LogP contribution in [0.25, 0.3) is 0 Å². The minimum atomic E-state index is -0.551. The van der Waals surface area contributed by atoms with Crippen LogP contribution in [0, 0.1) is 25.2 Å². The molecule has 7 nitrogen and oxygen atoms in total. The molecule has 0 aliphatic carbocycles. The molecule has 0 bridgehead atoms. The van der Waals surface area contributed by atoms with Gasteiger partial charge in [0.25, 0.3) is 0 Å². The summed E-state index contributed by atoms with van der Waals surface area (Å²) in [5, 5.41) is 9.84. The highest BCUT2D eigenvalue weighted by atomic mass is 16.6. The van der Waals surface area contributed by atoms with Gasteiger partial charge in [0, 0.05) is 11.6 Å². The lowest BCUT2D eigenvalue weighted by molar-refractivity contribution is -0.136. The lowest BCUT2D eigenvalue weighted by Gasteiger charge is -2.27. The Labute approximate surface area is 217 Å². The molecule has 0 aromatic heterocycles. The standard InChI is InChI=1S/C30H30N2O5/c1-4-5-11-34-22-8-6-7-21(15-22)29-25-10-9-23(16-27(25)37-30(32)26(29)17-31)36-28(33)18-35-24-13-19(2)12-20(3)14-24/h6-10,12-16,29H,4-5,11,18,32H2,1-3H3. The number of nitrogens with zero attached hydrogens (tertiary/aromatic N) is 1. The van der Waals surface area contributed by atoms with Crippen LogP contribution in [-0.2, 0) is 4.79 Å². The molecule has 0 radical (unpaired) electrons. The molecule has 1 heterocycles. The Morgan fingerprint density at radius 2 is 1.78 bits per heavy atom. The van der Waals surface area contributed by atoms with Crippen molar-refractivity contribution in [2.75, 3.05) is 13.2 Å². The maximum atomic E-state index is 12.4. The summed E-state index contributed by atoms with van der Waals surface area (Å²) in [5.41, 5.74) is 10.1. The van der Waals surface area contributed by atoms with Crippen molar-refractivity contribution in [1.82, 2.24) is 0 Å². The topological polar surface area (TPSA) is 104 Å². The third-order valence-corrected chi connectivity index (χ3v) is 5.93. The summed E-state index contributed by atoms with van der Waals surface area (Å²) in [6.45, 7) is 6.41. The van der Waals surface area contributed by atoms with Crippen molar-refractivity contribution in [2.45, 2.75) is 39.5 Å². The minimum Gasteiger partial charge on any atom is -0.494 e. The van der Waals surface area contributed by atoms with Gasteiger partial charge in [0.15, 0.2) is 6.61 Å². The molecule has 0 spiro atoms. The maximum Gasteiger partial charge on any atom is 0.349 e. The lowest BCUT2D eigenvalue weighted by atomic mass is 9.83. The SMILES string of the molecule is CCCCOc1cccc(C2C(C#N)=C(N)Oc3cc(OC(=O)COc4cc(C)cc(C)c4)ccc32)c1. The number of esters is 1. The van der Waals surface area contributed by atoms with Crippen LogP contribution in [0.2, 0.25) is 0 Å². The van der Waals surface area contributed by atoms with Crippen LogP contribution in [0.3, 0.4) is 0 Å².